The zero-order valence-electron chi connectivity index (χ0n) is 25.8. The molecule has 0 atom stereocenters. The third-order valence-corrected chi connectivity index (χ3v) is 10.3. The molecule has 5 N–H and O–H groups in total. The standard InChI is InChI=1S/C32H22ClN7O8S3/c1-40-23-11-10-20(28-27(23)19(12-26(40)41)17-4-2-3-5-18(17)29(28)42)35-21-13-22(25(14-24(21)49)51(46,47)48)36-32-38-30(33)37-31(39-32)34-15-6-8-16(9-7-15)50(43,44)45/h2-14,35,49H,1H3,(H,43,44,45)(H,46,47,48)(H2,34,36,37,38,39). The number of halogens is 1. The van der Waals surface area contributed by atoms with Crippen LogP contribution in [0.3, 0.4) is 0 Å². The molecule has 0 radical (unpaired) electrons. The molecule has 0 unspecified atom stereocenters. The number of nitrogens with zero attached hydrogens (tertiary/aromatic N) is 4. The Balaban J connectivity index is 1.29. The normalized spacial score (nSPS) is 12.5. The minimum atomic E-state index is -4.85. The van der Waals surface area contributed by atoms with Crippen LogP contribution in [0.2, 0.25) is 5.28 Å². The van der Waals surface area contributed by atoms with Gasteiger partial charge in [-0.15, -0.1) is 12.6 Å². The maximum atomic E-state index is 14.0. The van der Waals surface area contributed by atoms with Crippen molar-refractivity contribution in [2.75, 3.05) is 16.0 Å². The summed E-state index contributed by atoms with van der Waals surface area (Å²) >= 11 is 10.6. The summed E-state index contributed by atoms with van der Waals surface area (Å²) in [6.45, 7) is 0. The molecular weight excluding hydrogens is 742 g/mol. The van der Waals surface area contributed by atoms with Crippen LogP contribution in [-0.4, -0.2) is 51.2 Å². The first-order valence-corrected chi connectivity index (χ1v) is 18.2. The molecule has 4 aromatic carbocycles. The number of aryl methyl sites for hydroxylation is 1. The van der Waals surface area contributed by atoms with E-state index in [9.17, 15) is 35.5 Å². The molecule has 15 nitrogen and oxygen atoms in total. The summed E-state index contributed by atoms with van der Waals surface area (Å²) in [6.07, 6.45) is 0. The molecule has 258 valence electrons. The molecule has 51 heavy (non-hydrogen) atoms. The van der Waals surface area contributed by atoms with E-state index in [0.717, 1.165) is 18.2 Å². The first-order valence-electron chi connectivity index (χ1n) is 14.5. The molecule has 6 aromatic rings. The van der Waals surface area contributed by atoms with E-state index in [2.05, 4.69) is 43.5 Å². The van der Waals surface area contributed by atoms with E-state index >= 15 is 0 Å². The Labute approximate surface area is 299 Å². The highest BCUT2D eigenvalue weighted by atomic mass is 35.5. The Morgan fingerprint density at radius 2 is 1.39 bits per heavy atom. The molecule has 1 aliphatic rings. The van der Waals surface area contributed by atoms with E-state index in [0.29, 0.717) is 39.0 Å². The largest absolute Gasteiger partial charge is 0.354 e. The van der Waals surface area contributed by atoms with Crippen LogP contribution in [0.5, 0.6) is 0 Å². The highest BCUT2D eigenvalue weighted by molar-refractivity contribution is 7.86. The first kappa shape index (κ1) is 34.1. The number of thiol groups is 1. The quantitative estimate of drug-likeness (QED) is 0.0819. The third kappa shape index (κ3) is 6.39. The van der Waals surface area contributed by atoms with Gasteiger partial charge >= 0.3 is 0 Å². The average Bonchev–Trinajstić information content (AvgIpc) is 3.06. The van der Waals surface area contributed by atoms with Gasteiger partial charge in [-0.1, -0.05) is 24.3 Å². The van der Waals surface area contributed by atoms with Gasteiger partial charge < -0.3 is 20.5 Å². The fourth-order valence-electron chi connectivity index (χ4n) is 5.71. The molecule has 0 bridgehead atoms. The van der Waals surface area contributed by atoms with Gasteiger partial charge in [0.2, 0.25) is 17.2 Å². The SMILES string of the molecule is Cn1c(=O)cc2c3c(c(Nc4cc(Nc5nc(Cl)nc(Nc6ccc(S(=O)(=O)O)cc6)n5)c(S(=O)(=O)O)cc4S)ccc31)C(=O)c1ccccc1-2. The molecule has 0 saturated carbocycles. The number of hydrogen-bond donors (Lipinski definition) is 6. The minimum absolute atomic E-state index is 0.0780. The van der Waals surface area contributed by atoms with E-state index in [4.69, 9.17) is 11.6 Å². The van der Waals surface area contributed by atoms with E-state index in [-0.39, 0.29) is 55.3 Å². The fraction of sp³-hybridized carbons (Fsp3) is 0.0312. The van der Waals surface area contributed by atoms with Crippen molar-refractivity contribution < 1.29 is 30.7 Å². The van der Waals surface area contributed by atoms with Crippen LogP contribution in [-0.2, 0) is 27.3 Å². The first-order chi connectivity index (χ1) is 24.1. The molecule has 0 spiro atoms. The fourth-order valence-corrected chi connectivity index (χ4v) is 7.34. The lowest BCUT2D eigenvalue weighted by Gasteiger charge is -2.24. The molecule has 19 heteroatoms. The Morgan fingerprint density at radius 3 is 2.06 bits per heavy atom. The van der Waals surface area contributed by atoms with Crippen LogP contribution in [0.15, 0.2) is 98.3 Å². The lowest BCUT2D eigenvalue weighted by molar-refractivity contribution is 0.104. The zero-order valence-corrected chi connectivity index (χ0v) is 29.1. The van der Waals surface area contributed by atoms with Gasteiger partial charge in [-0.25, -0.2) is 0 Å². The summed E-state index contributed by atoms with van der Waals surface area (Å²) in [5.41, 5.74) is 2.79. The number of anilines is 6. The summed E-state index contributed by atoms with van der Waals surface area (Å²) in [5, 5.41) is 8.91. The van der Waals surface area contributed by atoms with Crippen LogP contribution in [0.1, 0.15) is 15.9 Å². The molecule has 7 rings (SSSR count). The molecule has 2 aromatic heterocycles. The van der Waals surface area contributed by atoms with Crippen molar-refractivity contribution in [1.82, 2.24) is 19.5 Å². The number of benzene rings is 4. The number of carbonyl (C=O) groups excluding carboxylic acids is 1. The van der Waals surface area contributed by atoms with Crippen LogP contribution in [0, 0.1) is 0 Å². The topological polar surface area (TPSA) is 223 Å². The van der Waals surface area contributed by atoms with Crippen molar-refractivity contribution >= 4 is 95.8 Å². The van der Waals surface area contributed by atoms with Gasteiger partial charge in [0.1, 0.15) is 4.90 Å². The maximum Gasteiger partial charge on any atom is 0.296 e. The number of nitrogens with one attached hydrogen (secondary N) is 3. The van der Waals surface area contributed by atoms with Crippen LogP contribution in [0.4, 0.5) is 34.6 Å². The Kier molecular flexibility index (Phi) is 8.32. The van der Waals surface area contributed by atoms with Crippen LogP contribution < -0.4 is 21.5 Å². The number of rotatable bonds is 8. The number of pyridine rings is 1. The minimum Gasteiger partial charge on any atom is -0.354 e. The van der Waals surface area contributed by atoms with Gasteiger partial charge in [0.15, 0.2) is 5.78 Å². The highest BCUT2D eigenvalue weighted by Crippen LogP contribution is 2.43. The number of fused-ring (bicyclic) bond motifs is 2. The summed E-state index contributed by atoms with van der Waals surface area (Å²) in [5.74, 6) is -0.687. The molecule has 0 fully saturated rings. The zero-order chi connectivity index (χ0) is 36.4. The van der Waals surface area contributed by atoms with Crippen molar-refractivity contribution in [3.63, 3.8) is 0 Å². The van der Waals surface area contributed by atoms with Crippen molar-refractivity contribution in [1.29, 1.82) is 0 Å². The molecular formula is C32H22ClN7O8S3. The average molecular weight is 764 g/mol. The van der Waals surface area contributed by atoms with Crippen molar-refractivity contribution in [2.24, 2.45) is 7.05 Å². The Bertz CT molecular complexity index is 2760. The van der Waals surface area contributed by atoms with Gasteiger partial charge in [0, 0.05) is 34.6 Å². The second kappa shape index (κ2) is 12.4. The monoisotopic (exact) mass is 763 g/mol. The third-order valence-electron chi connectivity index (χ3n) is 8.01. The summed E-state index contributed by atoms with van der Waals surface area (Å²) in [4.78, 5) is 38.2. The highest BCUT2D eigenvalue weighted by Gasteiger charge is 2.29. The number of aromatic nitrogens is 4. The lowest BCUT2D eigenvalue weighted by atomic mass is 9.83. The number of hydrogen-bond acceptors (Lipinski definition) is 13. The van der Waals surface area contributed by atoms with Crippen LogP contribution in [0.25, 0.3) is 22.0 Å². The van der Waals surface area contributed by atoms with Gasteiger partial charge in [0.25, 0.3) is 25.8 Å². The Morgan fingerprint density at radius 1 is 0.725 bits per heavy atom. The predicted molar refractivity (Wildman–Crippen MR) is 193 cm³/mol. The van der Waals surface area contributed by atoms with E-state index in [1.54, 1.807) is 43.4 Å². The van der Waals surface area contributed by atoms with E-state index < -0.39 is 25.1 Å². The summed E-state index contributed by atoms with van der Waals surface area (Å²) in [6, 6.07) is 19.1. The summed E-state index contributed by atoms with van der Waals surface area (Å²) < 4.78 is 68.5. The molecule has 0 aliphatic heterocycles. The van der Waals surface area contributed by atoms with E-state index in [1.807, 2.05) is 0 Å². The summed E-state index contributed by atoms with van der Waals surface area (Å²) in [7, 11) is -7.67. The molecule has 0 saturated heterocycles. The second-order valence-corrected chi connectivity index (χ2v) is 14.8. The smallest absolute Gasteiger partial charge is 0.296 e. The van der Waals surface area contributed by atoms with Gasteiger partial charge in [-0.05, 0) is 71.3 Å². The molecule has 0 amide bonds. The predicted octanol–water partition coefficient (Wildman–Crippen LogP) is 5.60. The maximum absolute atomic E-state index is 14.0. The Hall–Kier alpha value is -5.37. The van der Waals surface area contributed by atoms with Gasteiger partial charge in [-0.2, -0.15) is 31.8 Å². The van der Waals surface area contributed by atoms with E-state index in [1.165, 1.54) is 28.8 Å². The second-order valence-electron chi connectivity index (χ2n) is 11.2. The van der Waals surface area contributed by atoms with Crippen molar-refractivity contribution in [2.45, 2.75) is 14.7 Å². The lowest BCUT2D eigenvalue weighted by Crippen LogP contribution is -2.21. The number of carbonyl (C=O) groups is 1. The van der Waals surface area contributed by atoms with Gasteiger partial charge in [-0.3, -0.25) is 18.7 Å². The molecule has 2 heterocycles. The van der Waals surface area contributed by atoms with Crippen LogP contribution >= 0.6 is 24.2 Å². The van der Waals surface area contributed by atoms with Gasteiger partial charge in [0.05, 0.1) is 33.0 Å². The van der Waals surface area contributed by atoms with Crippen molar-refractivity contribution in [3.05, 3.63) is 106 Å². The molecule has 1 aliphatic carbocycles. The number of ketones is 1. The van der Waals surface area contributed by atoms with Crippen molar-refractivity contribution in [3.8, 4) is 11.1 Å².